The molecule has 1 aliphatic rings. The number of carbonyl (C=O) groups is 2. The third-order valence-electron chi connectivity index (χ3n) is 4.16. The summed E-state index contributed by atoms with van der Waals surface area (Å²) in [5.41, 5.74) is 0.856. The molecule has 1 heterocycles. The molecule has 1 aromatic rings. The minimum Gasteiger partial charge on any atom is -0.352 e. The SMILES string of the molecule is CCC1CCCCN1C(=O)CC(=O)NCc1ccccc1Cl. The number of benzene rings is 1. The summed E-state index contributed by atoms with van der Waals surface area (Å²) in [6.45, 7) is 3.21. The van der Waals surface area contributed by atoms with Gasteiger partial charge in [0.25, 0.3) is 0 Å². The number of carbonyl (C=O) groups excluding carboxylic acids is 2. The minimum atomic E-state index is -0.245. The first-order valence-corrected chi connectivity index (χ1v) is 8.29. The Morgan fingerprint density at radius 3 is 2.82 bits per heavy atom. The summed E-state index contributed by atoms with van der Waals surface area (Å²) in [4.78, 5) is 26.1. The number of rotatable bonds is 5. The van der Waals surface area contributed by atoms with Crippen molar-refractivity contribution in [2.45, 2.75) is 51.6 Å². The van der Waals surface area contributed by atoms with Gasteiger partial charge in [-0.1, -0.05) is 36.7 Å². The first kappa shape index (κ1) is 16.8. The zero-order valence-corrected chi connectivity index (χ0v) is 13.7. The van der Waals surface area contributed by atoms with Gasteiger partial charge in [0.2, 0.25) is 11.8 Å². The predicted octanol–water partition coefficient (Wildman–Crippen LogP) is 3.14. The highest BCUT2D eigenvalue weighted by atomic mass is 35.5. The molecule has 1 saturated heterocycles. The summed E-state index contributed by atoms with van der Waals surface area (Å²) >= 11 is 6.05. The summed E-state index contributed by atoms with van der Waals surface area (Å²) in [6, 6.07) is 7.66. The predicted molar refractivity (Wildman–Crippen MR) is 87.6 cm³/mol. The summed E-state index contributed by atoms with van der Waals surface area (Å²) < 4.78 is 0. The Kier molecular flexibility index (Phi) is 6.25. The molecule has 22 heavy (non-hydrogen) atoms. The Morgan fingerprint density at radius 2 is 2.09 bits per heavy atom. The van der Waals surface area contributed by atoms with Crippen LogP contribution in [0, 0.1) is 0 Å². The smallest absolute Gasteiger partial charge is 0.232 e. The topological polar surface area (TPSA) is 49.4 Å². The molecule has 1 atom stereocenters. The van der Waals surface area contributed by atoms with E-state index in [2.05, 4.69) is 12.2 Å². The zero-order chi connectivity index (χ0) is 15.9. The van der Waals surface area contributed by atoms with Crippen LogP contribution in [0.3, 0.4) is 0 Å². The molecule has 5 heteroatoms. The molecule has 1 fully saturated rings. The molecule has 1 N–H and O–H groups in total. The van der Waals surface area contributed by atoms with Crippen molar-refractivity contribution in [2.75, 3.05) is 6.54 Å². The minimum absolute atomic E-state index is 0.0665. The van der Waals surface area contributed by atoms with Crippen molar-refractivity contribution in [3.8, 4) is 0 Å². The number of halogens is 1. The van der Waals surface area contributed by atoms with Gasteiger partial charge in [0.05, 0.1) is 0 Å². The van der Waals surface area contributed by atoms with Crippen molar-refractivity contribution < 1.29 is 9.59 Å². The number of amides is 2. The van der Waals surface area contributed by atoms with Crippen molar-refractivity contribution in [2.24, 2.45) is 0 Å². The van der Waals surface area contributed by atoms with Gasteiger partial charge in [-0.3, -0.25) is 9.59 Å². The monoisotopic (exact) mass is 322 g/mol. The number of hydrogen-bond donors (Lipinski definition) is 1. The van der Waals surface area contributed by atoms with E-state index < -0.39 is 0 Å². The molecule has 1 aliphatic heterocycles. The number of likely N-dealkylation sites (tertiary alicyclic amines) is 1. The third-order valence-corrected chi connectivity index (χ3v) is 4.53. The first-order valence-electron chi connectivity index (χ1n) is 7.91. The van der Waals surface area contributed by atoms with Gasteiger partial charge in [0.15, 0.2) is 0 Å². The van der Waals surface area contributed by atoms with Crippen LogP contribution in [0.15, 0.2) is 24.3 Å². The maximum atomic E-state index is 12.3. The second-order valence-electron chi connectivity index (χ2n) is 5.69. The Hall–Kier alpha value is -1.55. The van der Waals surface area contributed by atoms with Crippen LogP contribution in [-0.2, 0) is 16.1 Å². The van der Waals surface area contributed by atoms with Crippen LogP contribution in [0.1, 0.15) is 44.6 Å². The van der Waals surface area contributed by atoms with Crippen molar-refractivity contribution >= 4 is 23.4 Å². The van der Waals surface area contributed by atoms with Gasteiger partial charge in [-0.15, -0.1) is 0 Å². The standard InChI is InChI=1S/C17H23ClN2O2/c1-2-14-8-5-6-10-20(14)17(22)11-16(21)19-12-13-7-3-4-9-15(13)18/h3-4,7,9,14H,2,5-6,8,10-12H2,1H3,(H,19,21). The molecular weight excluding hydrogens is 300 g/mol. The molecule has 0 bridgehead atoms. The maximum absolute atomic E-state index is 12.3. The van der Waals surface area contributed by atoms with Gasteiger partial charge in [-0.25, -0.2) is 0 Å². The normalized spacial score (nSPS) is 18.1. The lowest BCUT2D eigenvalue weighted by Gasteiger charge is -2.35. The van der Waals surface area contributed by atoms with Crippen molar-refractivity contribution in [1.29, 1.82) is 0 Å². The number of nitrogens with zero attached hydrogens (tertiary/aromatic N) is 1. The average molecular weight is 323 g/mol. The number of nitrogens with one attached hydrogen (secondary N) is 1. The van der Waals surface area contributed by atoms with Gasteiger partial charge in [0.1, 0.15) is 6.42 Å². The second-order valence-corrected chi connectivity index (χ2v) is 6.10. The van der Waals surface area contributed by atoms with Crippen LogP contribution in [0.5, 0.6) is 0 Å². The van der Waals surface area contributed by atoms with Gasteiger partial charge in [-0.2, -0.15) is 0 Å². The molecule has 0 radical (unpaired) electrons. The Bertz CT molecular complexity index is 533. The Morgan fingerprint density at radius 1 is 1.32 bits per heavy atom. The fourth-order valence-electron chi connectivity index (χ4n) is 2.89. The molecule has 0 saturated carbocycles. The lowest BCUT2D eigenvalue weighted by atomic mass is 9.99. The van der Waals surface area contributed by atoms with E-state index in [9.17, 15) is 9.59 Å². The van der Waals surface area contributed by atoms with Crippen LogP contribution >= 0.6 is 11.6 Å². The van der Waals surface area contributed by atoms with Crippen LogP contribution in [0.25, 0.3) is 0 Å². The quantitative estimate of drug-likeness (QED) is 0.847. The van der Waals surface area contributed by atoms with E-state index in [1.807, 2.05) is 23.1 Å². The molecule has 2 amide bonds. The van der Waals surface area contributed by atoms with Crippen LogP contribution < -0.4 is 5.32 Å². The summed E-state index contributed by atoms with van der Waals surface area (Å²) in [7, 11) is 0. The van der Waals surface area contributed by atoms with Crippen molar-refractivity contribution in [1.82, 2.24) is 10.2 Å². The van der Waals surface area contributed by atoms with Crippen LogP contribution in [0.2, 0.25) is 5.02 Å². The highest BCUT2D eigenvalue weighted by molar-refractivity contribution is 6.31. The summed E-state index contributed by atoms with van der Waals surface area (Å²) in [5.74, 6) is -0.312. The highest BCUT2D eigenvalue weighted by Crippen LogP contribution is 2.20. The zero-order valence-electron chi connectivity index (χ0n) is 13.0. The van der Waals surface area contributed by atoms with E-state index in [1.54, 1.807) is 6.07 Å². The molecule has 1 aromatic carbocycles. The average Bonchev–Trinajstić information content (AvgIpc) is 2.54. The van der Waals surface area contributed by atoms with Gasteiger partial charge < -0.3 is 10.2 Å². The fourth-order valence-corrected chi connectivity index (χ4v) is 3.09. The van der Waals surface area contributed by atoms with E-state index in [0.29, 0.717) is 11.6 Å². The molecule has 2 rings (SSSR count). The molecule has 120 valence electrons. The van der Waals surface area contributed by atoms with E-state index in [1.165, 1.54) is 6.42 Å². The largest absolute Gasteiger partial charge is 0.352 e. The third kappa shape index (κ3) is 4.47. The van der Waals surface area contributed by atoms with Crippen molar-refractivity contribution in [3.05, 3.63) is 34.9 Å². The lowest BCUT2D eigenvalue weighted by molar-refractivity contribution is -0.139. The highest BCUT2D eigenvalue weighted by Gasteiger charge is 2.26. The maximum Gasteiger partial charge on any atom is 0.232 e. The van der Waals surface area contributed by atoms with Crippen LogP contribution in [0.4, 0.5) is 0 Å². The Labute approximate surface area is 136 Å². The van der Waals surface area contributed by atoms with Crippen LogP contribution in [-0.4, -0.2) is 29.3 Å². The van der Waals surface area contributed by atoms with Gasteiger partial charge >= 0.3 is 0 Å². The van der Waals surface area contributed by atoms with E-state index in [-0.39, 0.29) is 24.3 Å². The van der Waals surface area contributed by atoms with Crippen molar-refractivity contribution in [3.63, 3.8) is 0 Å². The van der Waals surface area contributed by atoms with E-state index >= 15 is 0 Å². The fraction of sp³-hybridized carbons (Fsp3) is 0.529. The Balaban J connectivity index is 1.83. The van der Waals surface area contributed by atoms with E-state index in [4.69, 9.17) is 11.6 Å². The second kappa shape index (κ2) is 8.18. The van der Waals surface area contributed by atoms with Gasteiger partial charge in [0, 0.05) is 24.2 Å². The number of hydrogen-bond acceptors (Lipinski definition) is 2. The summed E-state index contributed by atoms with van der Waals surface area (Å²) in [5, 5.41) is 3.39. The molecule has 0 spiro atoms. The lowest BCUT2D eigenvalue weighted by Crippen LogP contribution is -2.45. The molecule has 1 unspecified atom stereocenters. The molecular formula is C17H23ClN2O2. The molecule has 0 aromatic heterocycles. The summed E-state index contributed by atoms with van der Waals surface area (Å²) in [6.07, 6.45) is 4.11. The van der Waals surface area contributed by atoms with Gasteiger partial charge in [-0.05, 0) is 37.3 Å². The molecule has 0 aliphatic carbocycles. The number of piperidine rings is 1. The van der Waals surface area contributed by atoms with E-state index in [0.717, 1.165) is 31.4 Å². The molecule has 4 nitrogen and oxygen atoms in total. The first-order chi connectivity index (χ1) is 10.6.